The largest absolute Gasteiger partial charge is 0.390 e. The minimum absolute atomic E-state index is 0.0516. The van der Waals surface area contributed by atoms with Crippen molar-refractivity contribution in [3.05, 3.63) is 59.2 Å². The van der Waals surface area contributed by atoms with E-state index in [9.17, 15) is 9.90 Å². The summed E-state index contributed by atoms with van der Waals surface area (Å²) in [5.74, 6) is 1.80. The van der Waals surface area contributed by atoms with Crippen LogP contribution in [-0.4, -0.2) is 32.5 Å². The van der Waals surface area contributed by atoms with Crippen molar-refractivity contribution in [2.45, 2.75) is 69.4 Å². The molecule has 4 fully saturated rings. The number of ketones is 1. The molecule has 2 aromatic heterocycles. The van der Waals surface area contributed by atoms with Gasteiger partial charge in [-0.05, 0) is 62.0 Å². The number of aromatic nitrogens is 2. The van der Waals surface area contributed by atoms with Crippen LogP contribution in [0.2, 0.25) is 0 Å². The summed E-state index contributed by atoms with van der Waals surface area (Å²) in [5.41, 5.74) is 4.28. The third-order valence-electron chi connectivity index (χ3n) is 8.33. The number of allylic oxidation sites excluding steroid dienone is 1. The van der Waals surface area contributed by atoms with Crippen LogP contribution in [0.1, 0.15) is 78.7 Å². The SMILES string of the molecule is CC(CC(=O)c1cnc2c(c1NC1C3CC4CC1CC(O)(C4)C3)C=CC2)c1ccccn1. The maximum Gasteiger partial charge on any atom is 0.167 e. The second-order valence-corrected chi connectivity index (χ2v) is 10.7. The second kappa shape index (κ2) is 7.51. The number of rotatable bonds is 6. The third-order valence-corrected chi connectivity index (χ3v) is 8.33. The van der Waals surface area contributed by atoms with Gasteiger partial charge in [0, 0.05) is 48.5 Å². The van der Waals surface area contributed by atoms with E-state index in [1.54, 1.807) is 12.4 Å². The van der Waals surface area contributed by atoms with Gasteiger partial charge in [0.2, 0.25) is 0 Å². The van der Waals surface area contributed by atoms with Gasteiger partial charge in [-0.15, -0.1) is 0 Å². The van der Waals surface area contributed by atoms with Gasteiger partial charge in [-0.25, -0.2) is 0 Å². The van der Waals surface area contributed by atoms with Crippen molar-refractivity contribution in [2.75, 3.05) is 5.32 Å². The highest BCUT2D eigenvalue weighted by atomic mass is 16.3. The normalized spacial score (nSPS) is 32.7. The van der Waals surface area contributed by atoms with Crippen LogP contribution in [0.3, 0.4) is 0 Å². The van der Waals surface area contributed by atoms with Gasteiger partial charge in [-0.2, -0.15) is 0 Å². The summed E-state index contributed by atoms with van der Waals surface area (Å²) >= 11 is 0. The summed E-state index contributed by atoms with van der Waals surface area (Å²) < 4.78 is 0. The number of nitrogens with zero attached hydrogens (tertiary/aromatic N) is 2. The zero-order valence-corrected chi connectivity index (χ0v) is 18.6. The summed E-state index contributed by atoms with van der Waals surface area (Å²) in [6.07, 6.45) is 14.2. The van der Waals surface area contributed by atoms with Crippen LogP contribution in [0.15, 0.2) is 36.7 Å². The van der Waals surface area contributed by atoms with Crippen molar-refractivity contribution in [2.24, 2.45) is 17.8 Å². The first-order valence-corrected chi connectivity index (χ1v) is 12.1. The first-order valence-electron chi connectivity index (χ1n) is 12.1. The average Bonchev–Trinajstić information content (AvgIpc) is 3.25. The molecule has 5 aliphatic carbocycles. The van der Waals surface area contributed by atoms with Gasteiger partial charge in [-0.1, -0.05) is 25.1 Å². The number of pyridine rings is 2. The van der Waals surface area contributed by atoms with Gasteiger partial charge in [0.1, 0.15) is 0 Å². The van der Waals surface area contributed by atoms with Crippen molar-refractivity contribution < 1.29 is 9.90 Å². The lowest BCUT2D eigenvalue weighted by Crippen LogP contribution is -2.59. The summed E-state index contributed by atoms with van der Waals surface area (Å²) in [6.45, 7) is 2.06. The Morgan fingerprint density at radius 1 is 1.22 bits per heavy atom. The molecule has 5 heteroatoms. The Labute approximate surface area is 189 Å². The van der Waals surface area contributed by atoms with Crippen LogP contribution in [0.25, 0.3) is 6.08 Å². The molecule has 7 rings (SSSR count). The Morgan fingerprint density at radius 3 is 2.75 bits per heavy atom. The molecular formula is C27H31N3O2. The molecule has 5 aliphatic rings. The Hall–Kier alpha value is -2.53. The number of nitrogens with one attached hydrogen (secondary N) is 1. The van der Waals surface area contributed by atoms with E-state index in [1.165, 1.54) is 12.8 Å². The summed E-state index contributed by atoms with van der Waals surface area (Å²) in [5, 5.41) is 14.8. The van der Waals surface area contributed by atoms with Crippen molar-refractivity contribution in [1.29, 1.82) is 0 Å². The molecule has 4 saturated carbocycles. The van der Waals surface area contributed by atoms with E-state index < -0.39 is 5.60 Å². The van der Waals surface area contributed by atoms with E-state index in [4.69, 9.17) is 0 Å². The van der Waals surface area contributed by atoms with Crippen molar-refractivity contribution in [1.82, 2.24) is 9.97 Å². The number of hydrogen-bond acceptors (Lipinski definition) is 5. The number of aliphatic hydroxyl groups is 1. The van der Waals surface area contributed by atoms with Gasteiger partial charge < -0.3 is 10.4 Å². The molecule has 3 unspecified atom stereocenters. The molecule has 0 amide bonds. The topological polar surface area (TPSA) is 75.1 Å². The minimum Gasteiger partial charge on any atom is -0.390 e. The van der Waals surface area contributed by atoms with E-state index in [1.807, 2.05) is 18.2 Å². The smallest absolute Gasteiger partial charge is 0.167 e. The molecule has 0 saturated heterocycles. The molecule has 0 aromatic carbocycles. The quantitative estimate of drug-likeness (QED) is 0.647. The standard InChI is InChI=1S/C27H31N3O2/c1-16(22-6-2-3-8-28-22)9-24(31)21-15-29-23-7-4-5-20(23)26(21)30-25-18-10-17-11-19(25)14-27(32,12-17)13-18/h2-6,8,15-19,25,32H,7,9-14H2,1H3,(H,29,30). The van der Waals surface area contributed by atoms with Crippen LogP contribution < -0.4 is 5.32 Å². The third kappa shape index (κ3) is 3.38. The number of carbonyl (C=O) groups is 1. The minimum atomic E-state index is -0.453. The highest BCUT2D eigenvalue weighted by Gasteiger charge is 2.54. The molecule has 4 bridgehead atoms. The van der Waals surface area contributed by atoms with Gasteiger partial charge in [0.25, 0.3) is 0 Å². The zero-order chi connectivity index (χ0) is 21.9. The molecular weight excluding hydrogens is 398 g/mol. The van der Waals surface area contributed by atoms with Crippen LogP contribution in [0, 0.1) is 17.8 Å². The molecule has 2 aromatic rings. The lowest BCUT2D eigenvalue weighted by molar-refractivity contribution is -0.129. The fraction of sp³-hybridized carbons (Fsp3) is 0.519. The predicted molar refractivity (Wildman–Crippen MR) is 124 cm³/mol. The molecule has 2 N–H and O–H groups in total. The molecule has 32 heavy (non-hydrogen) atoms. The average molecular weight is 430 g/mol. The Morgan fingerprint density at radius 2 is 2.03 bits per heavy atom. The fourth-order valence-electron chi connectivity index (χ4n) is 7.11. The van der Waals surface area contributed by atoms with E-state index >= 15 is 0 Å². The molecule has 5 nitrogen and oxygen atoms in total. The maximum atomic E-state index is 13.5. The zero-order valence-electron chi connectivity index (χ0n) is 18.6. The predicted octanol–water partition coefficient (Wildman–Crippen LogP) is 4.77. The molecule has 2 heterocycles. The summed E-state index contributed by atoms with van der Waals surface area (Å²) in [7, 11) is 0. The van der Waals surface area contributed by atoms with Crippen molar-refractivity contribution in [3.63, 3.8) is 0 Å². The molecule has 0 spiro atoms. The van der Waals surface area contributed by atoms with Crippen LogP contribution >= 0.6 is 0 Å². The number of hydrogen-bond donors (Lipinski definition) is 2. The lowest BCUT2D eigenvalue weighted by atomic mass is 9.52. The molecule has 0 radical (unpaired) electrons. The highest BCUT2D eigenvalue weighted by molar-refractivity contribution is 6.03. The van der Waals surface area contributed by atoms with Gasteiger partial charge in [0.15, 0.2) is 5.78 Å². The molecule has 3 atom stereocenters. The first kappa shape index (κ1) is 20.1. The van der Waals surface area contributed by atoms with Crippen molar-refractivity contribution >= 4 is 17.5 Å². The molecule has 0 aliphatic heterocycles. The van der Waals surface area contributed by atoms with Gasteiger partial charge >= 0.3 is 0 Å². The monoisotopic (exact) mass is 429 g/mol. The van der Waals surface area contributed by atoms with E-state index in [2.05, 4.69) is 34.4 Å². The van der Waals surface area contributed by atoms with Crippen LogP contribution in [0.5, 0.6) is 0 Å². The van der Waals surface area contributed by atoms with Gasteiger partial charge in [0.05, 0.1) is 22.5 Å². The van der Waals surface area contributed by atoms with E-state index in [0.717, 1.165) is 48.3 Å². The summed E-state index contributed by atoms with van der Waals surface area (Å²) in [4.78, 5) is 22.6. The maximum absolute atomic E-state index is 13.5. The van der Waals surface area contributed by atoms with E-state index in [-0.39, 0.29) is 11.7 Å². The van der Waals surface area contributed by atoms with Crippen LogP contribution in [-0.2, 0) is 6.42 Å². The van der Waals surface area contributed by atoms with Crippen molar-refractivity contribution in [3.8, 4) is 0 Å². The highest BCUT2D eigenvalue weighted by Crippen LogP contribution is 2.56. The summed E-state index contributed by atoms with van der Waals surface area (Å²) in [6, 6.07) is 6.18. The van der Waals surface area contributed by atoms with Gasteiger partial charge in [-0.3, -0.25) is 14.8 Å². The lowest BCUT2D eigenvalue weighted by Gasteiger charge is -2.58. The van der Waals surface area contributed by atoms with E-state index in [0.29, 0.717) is 35.8 Å². The Bertz CT molecular complexity index is 1060. The number of anilines is 1. The molecule has 166 valence electrons. The number of Topliss-reactive ketones (excluding diaryl/α,β-unsaturated/α-hetero) is 1. The number of fused-ring (bicyclic) bond motifs is 1. The Kier molecular flexibility index (Phi) is 4.72. The second-order valence-electron chi connectivity index (χ2n) is 10.7. The fourth-order valence-corrected chi connectivity index (χ4v) is 7.11. The number of carbonyl (C=O) groups excluding carboxylic acids is 1. The first-order chi connectivity index (χ1) is 15.5. The Balaban J connectivity index is 1.30. The van der Waals surface area contributed by atoms with Crippen LogP contribution in [0.4, 0.5) is 5.69 Å².